The molecule has 0 spiro atoms. The molecule has 1 N–H and O–H groups in total. The molecule has 0 aromatic heterocycles. The van der Waals surface area contributed by atoms with Gasteiger partial charge in [0.25, 0.3) is 0 Å². The second-order valence-corrected chi connectivity index (χ2v) is 4.36. The molecule has 1 fully saturated rings. The summed E-state index contributed by atoms with van der Waals surface area (Å²) in [5, 5.41) is 3.23. The molecule has 0 saturated carbocycles. The van der Waals surface area contributed by atoms with Crippen LogP contribution in [0.4, 0.5) is 0 Å². The molecular formula is C15H17NO2. The third-order valence-corrected chi connectivity index (χ3v) is 3.04. The predicted molar refractivity (Wildman–Crippen MR) is 69.9 cm³/mol. The Morgan fingerprint density at radius 3 is 2.83 bits per heavy atom. The first-order valence-electron chi connectivity index (χ1n) is 6.20. The van der Waals surface area contributed by atoms with E-state index in [4.69, 9.17) is 4.74 Å². The zero-order valence-electron chi connectivity index (χ0n) is 10.5. The van der Waals surface area contributed by atoms with E-state index in [2.05, 4.69) is 17.2 Å². The second-order valence-electron chi connectivity index (χ2n) is 4.36. The molecule has 1 aromatic rings. The number of methoxy groups -OCH3 is 1. The van der Waals surface area contributed by atoms with E-state index in [-0.39, 0.29) is 18.1 Å². The highest BCUT2D eigenvalue weighted by molar-refractivity contribution is 5.75. The molecule has 18 heavy (non-hydrogen) atoms. The Morgan fingerprint density at radius 1 is 1.33 bits per heavy atom. The number of rotatable bonds is 1. The van der Waals surface area contributed by atoms with Crippen molar-refractivity contribution in [2.75, 3.05) is 7.11 Å². The smallest absolute Gasteiger partial charge is 0.322 e. The fourth-order valence-electron chi connectivity index (χ4n) is 2.07. The maximum atomic E-state index is 11.5. The van der Waals surface area contributed by atoms with Gasteiger partial charge in [0.1, 0.15) is 6.04 Å². The number of esters is 1. The van der Waals surface area contributed by atoms with Crippen LogP contribution in [-0.4, -0.2) is 25.2 Å². The van der Waals surface area contributed by atoms with Gasteiger partial charge in [-0.25, -0.2) is 0 Å². The summed E-state index contributed by atoms with van der Waals surface area (Å²) >= 11 is 0. The molecule has 0 bridgehead atoms. The number of piperidine rings is 1. The van der Waals surface area contributed by atoms with Crippen molar-refractivity contribution in [3.05, 3.63) is 35.9 Å². The Kier molecular flexibility index (Phi) is 4.38. The molecule has 0 aliphatic carbocycles. The standard InChI is InChI=1S/C15H17NO2/c1-18-15(17)14-9-5-8-13(16-14)11-10-12-6-3-2-4-7-12/h2-4,6-7,13-14,16H,5,8-9H2,1H3/t13-,14-/m1/s1. The highest BCUT2D eigenvalue weighted by Gasteiger charge is 2.25. The van der Waals surface area contributed by atoms with Crippen molar-refractivity contribution in [3.63, 3.8) is 0 Å². The average molecular weight is 243 g/mol. The lowest BCUT2D eigenvalue weighted by Crippen LogP contribution is -2.46. The van der Waals surface area contributed by atoms with Crippen LogP contribution in [0.1, 0.15) is 24.8 Å². The van der Waals surface area contributed by atoms with Crippen molar-refractivity contribution in [2.45, 2.75) is 31.3 Å². The molecule has 2 atom stereocenters. The van der Waals surface area contributed by atoms with Gasteiger partial charge in [-0.2, -0.15) is 0 Å². The third-order valence-electron chi connectivity index (χ3n) is 3.04. The van der Waals surface area contributed by atoms with Crippen LogP contribution in [0.25, 0.3) is 0 Å². The minimum atomic E-state index is -0.209. The van der Waals surface area contributed by atoms with E-state index >= 15 is 0 Å². The summed E-state index contributed by atoms with van der Waals surface area (Å²) in [6.45, 7) is 0. The van der Waals surface area contributed by atoms with E-state index in [0.717, 1.165) is 24.8 Å². The van der Waals surface area contributed by atoms with Gasteiger partial charge in [0.15, 0.2) is 0 Å². The van der Waals surface area contributed by atoms with Crippen LogP contribution >= 0.6 is 0 Å². The number of benzene rings is 1. The monoisotopic (exact) mass is 243 g/mol. The van der Waals surface area contributed by atoms with Gasteiger partial charge in [-0.05, 0) is 31.4 Å². The molecule has 3 nitrogen and oxygen atoms in total. The molecule has 1 saturated heterocycles. The van der Waals surface area contributed by atoms with Gasteiger partial charge in [0.05, 0.1) is 13.2 Å². The first-order chi connectivity index (χ1) is 8.79. The number of hydrogen-bond acceptors (Lipinski definition) is 3. The molecule has 1 aliphatic heterocycles. The summed E-state index contributed by atoms with van der Waals surface area (Å²) < 4.78 is 4.75. The summed E-state index contributed by atoms with van der Waals surface area (Å²) in [5.41, 5.74) is 1.000. The molecule has 0 unspecified atom stereocenters. The lowest BCUT2D eigenvalue weighted by molar-refractivity contribution is -0.143. The minimum absolute atomic E-state index is 0.0723. The zero-order chi connectivity index (χ0) is 12.8. The predicted octanol–water partition coefficient (Wildman–Crippen LogP) is 1.72. The van der Waals surface area contributed by atoms with E-state index in [9.17, 15) is 4.79 Å². The molecule has 1 heterocycles. The Labute approximate surface area is 108 Å². The lowest BCUT2D eigenvalue weighted by atomic mass is 9.98. The number of nitrogens with one attached hydrogen (secondary N) is 1. The maximum Gasteiger partial charge on any atom is 0.322 e. The number of ether oxygens (including phenoxy) is 1. The van der Waals surface area contributed by atoms with Crippen molar-refractivity contribution in [3.8, 4) is 11.8 Å². The van der Waals surface area contributed by atoms with Crippen LogP contribution in [0.3, 0.4) is 0 Å². The first-order valence-corrected chi connectivity index (χ1v) is 6.20. The van der Waals surface area contributed by atoms with Gasteiger partial charge in [0, 0.05) is 5.56 Å². The first kappa shape index (κ1) is 12.7. The van der Waals surface area contributed by atoms with Crippen LogP contribution in [-0.2, 0) is 9.53 Å². The quantitative estimate of drug-likeness (QED) is 0.603. The SMILES string of the molecule is COC(=O)[C@H]1CCC[C@H](C#Cc2ccccc2)N1. The largest absolute Gasteiger partial charge is 0.468 e. The van der Waals surface area contributed by atoms with Crippen LogP contribution in [0, 0.1) is 11.8 Å². The Balaban J connectivity index is 1.98. The van der Waals surface area contributed by atoms with Crippen molar-refractivity contribution >= 4 is 5.97 Å². The van der Waals surface area contributed by atoms with Gasteiger partial charge < -0.3 is 4.74 Å². The summed E-state index contributed by atoms with van der Waals surface area (Å²) in [6, 6.07) is 9.73. The average Bonchev–Trinajstić information content (AvgIpc) is 2.45. The molecule has 1 aliphatic rings. The number of carbonyl (C=O) groups excluding carboxylic acids is 1. The molecule has 3 heteroatoms. The molecular weight excluding hydrogens is 226 g/mol. The molecule has 94 valence electrons. The van der Waals surface area contributed by atoms with Gasteiger partial charge in [0.2, 0.25) is 0 Å². The van der Waals surface area contributed by atoms with Gasteiger partial charge in [-0.3, -0.25) is 10.1 Å². The fourth-order valence-corrected chi connectivity index (χ4v) is 2.07. The lowest BCUT2D eigenvalue weighted by Gasteiger charge is -2.25. The van der Waals surface area contributed by atoms with Gasteiger partial charge in [-0.1, -0.05) is 30.0 Å². The van der Waals surface area contributed by atoms with Gasteiger partial charge in [-0.15, -0.1) is 0 Å². The normalized spacial score (nSPS) is 22.7. The van der Waals surface area contributed by atoms with Crippen molar-refractivity contribution in [1.29, 1.82) is 0 Å². The van der Waals surface area contributed by atoms with E-state index in [0.29, 0.717) is 0 Å². The van der Waals surface area contributed by atoms with E-state index < -0.39 is 0 Å². The van der Waals surface area contributed by atoms with Crippen LogP contribution < -0.4 is 5.32 Å². The minimum Gasteiger partial charge on any atom is -0.468 e. The van der Waals surface area contributed by atoms with E-state index in [1.165, 1.54) is 7.11 Å². The van der Waals surface area contributed by atoms with Gasteiger partial charge >= 0.3 is 5.97 Å². The highest BCUT2D eigenvalue weighted by Crippen LogP contribution is 2.13. The third kappa shape index (κ3) is 3.35. The topological polar surface area (TPSA) is 38.3 Å². The van der Waals surface area contributed by atoms with E-state index in [1.54, 1.807) is 0 Å². The molecule has 0 radical (unpaired) electrons. The number of carbonyl (C=O) groups is 1. The zero-order valence-corrected chi connectivity index (χ0v) is 10.5. The highest BCUT2D eigenvalue weighted by atomic mass is 16.5. The van der Waals surface area contributed by atoms with E-state index in [1.807, 2.05) is 30.3 Å². The molecule has 0 amide bonds. The number of hydrogen-bond donors (Lipinski definition) is 1. The Morgan fingerprint density at radius 2 is 2.11 bits per heavy atom. The summed E-state index contributed by atoms with van der Waals surface area (Å²) in [5.74, 6) is 6.11. The van der Waals surface area contributed by atoms with Crippen molar-refractivity contribution < 1.29 is 9.53 Å². The summed E-state index contributed by atoms with van der Waals surface area (Å²) in [6.07, 6.45) is 2.81. The summed E-state index contributed by atoms with van der Waals surface area (Å²) in [4.78, 5) is 11.5. The van der Waals surface area contributed by atoms with Crippen LogP contribution in [0.5, 0.6) is 0 Å². The Bertz CT molecular complexity index is 458. The van der Waals surface area contributed by atoms with Crippen LogP contribution in [0.2, 0.25) is 0 Å². The van der Waals surface area contributed by atoms with Crippen molar-refractivity contribution in [2.24, 2.45) is 0 Å². The second kappa shape index (κ2) is 6.23. The maximum absolute atomic E-state index is 11.5. The Hall–Kier alpha value is -1.79. The summed E-state index contributed by atoms with van der Waals surface area (Å²) in [7, 11) is 1.42. The fraction of sp³-hybridized carbons (Fsp3) is 0.400. The van der Waals surface area contributed by atoms with Crippen LogP contribution in [0.15, 0.2) is 30.3 Å². The van der Waals surface area contributed by atoms with Crippen molar-refractivity contribution in [1.82, 2.24) is 5.32 Å². The molecule has 2 rings (SSSR count). The molecule has 1 aromatic carbocycles.